The van der Waals surface area contributed by atoms with Crippen molar-refractivity contribution in [1.29, 1.82) is 0 Å². The first-order valence-corrected chi connectivity index (χ1v) is 9.50. The Hall–Kier alpha value is -2.28. The van der Waals surface area contributed by atoms with Crippen molar-refractivity contribution in [2.75, 3.05) is 13.1 Å². The van der Waals surface area contributed by atoms with Gasteiger partial charge in [-0.25, -0.2) is 8.78 Å². The third-order valence-corrected chi connectivity index (χ3v) is 5.42. The minimum atomic E-state index is -0.741. The van der Waals surface area contributed by atoms with Crippen LogP contribution >= 0.6 is 0 Å². The molecule has 1 saturated heterocycles. The molecule has 2 N–H and O–H groups in total. The molecular formula is C21H28F2N4O. The molecule has 0 radical (unpaired) electrons. The van der Waals surface area contributed by atoms with Crippen LogP contribution in [0.4, 0.5) is 8.78 Å². The molecule has 3 rings (SSSR count). The van der Waals surface area contributed by atoms with E-state index < -0.39 is 17.2 Å². The summed E-state index contributed by atoms with van der Waals surface area (Å²) >= 11 is 0. The van der Waals surface area contributed by atoms with Gasteiger partial charge in [-0.1, -0.05) is 13.8 Å². The van der Waals surface area contributed by atoms with E-state index in [4.69, 9.17) is 5.73 Å². The van der Waals surface area contributed by atoms with Gasteiger partial charge in [-0.15, -0.1) is 0 Å². The van der Waals surface area contributed by atoms with Crippen LogP contribution in [-0.2, 0) is 5.54 Å². The van der Waals surface area contributed by atoms with Crippen molar-refractivity contribution in [1.82, 2.24) is 14.7 Å². The summed E-state index contributed by atoms with van der Waals surface area (Å²) in [4.78, 5) is 15.1. The Labute approximate surface area is 164 Å². The second-order valence-electron chi connectivity index (χ2n) is 9.24. The van der Waals surface area contributed by atoms with Crippen LogP contribution in [-0.4, -0.2) is 39.7 Å². The Balaban J connectivity index is 2.07. The number of amides is 1. The van der Waals surface area contributed by atoms with E-state index in [0.717, 1.165) is 6.07 Å². The minimum Gasteiger partial charge on any atom is -0.338 e. The van der Waals surface area contributed by atoms with Gasteiger partial charge in [0.15, 0.2) is 0 Å². The SMILES string of the molecule is CC1(C)CN(C(=O)c2cn(C(C)(C)C)nc2-c2ccc(F)cc2F)CCC1N. The van der Waals surface area contributed by atoms with Crippen molar-refractivity contribution < 1.29 is 13.6 Å². The highest BCUT2D eigenvalue weighted by molar-refractivity contribution is 6.00. The molecule has 1 atom stereocenters. The summed E-state index contributed by atoms with van der Waals surface area (Å²) in [6, 6.07) is 3.32. The first-order chi connectivity index (χ1) is 12.9. The van der Waals surface area contributed by atoms with Crippen LogP contribution < -0.4 is 5.73 Å². The maximum atomic E-state index is 14.5. The molecule has 28 heavy (non-hydrogen) atoms. The Morgan fingerprint density at radius 1 is 1.29 bits per heavy atom. The maximum Gasteiger partial charge on any atom is 0.257 e. The molecule has 7 heteroatoms. The van der Waals surface area contributed by atoms with E-state index in [9.17, 15) is 13.6 Å². The van der Waals surface area contributed by atoms with E-state index in [1.165, 1.54) is 12.1 Å². The molecule has 152 valence electrons. The molecular weight excluding hydrogens is 362 g/mol. The summed E-state index contributed by atoms with van der Waals surface area (Å²) in [5, 5.41) is 4.49. The van der Waals surface area contributed by atoms with Gasteiger partial charge in [0.25, 0.3) is 5.91 Å². The molecule has 1 aromatic carbocycles. The summed E-state index contributed by atoms with van der Waals surface area (Å²) in [7, 11) is 0. The first-order valence-electron chi connectivity index (χ1n) is 9.50. The number of likely N-dealkylation sites (tertiary alicyclic amines) is 1. The topological polar surface area (TPSA) is 64.2 Å². The van der Waals surface area contributed by atoms with Gasteiger partial charge in [-0.05, 0) is 44.7 Å². The number of carbonyl (C=O) groups excluding carboxylic acids is 1. The lowest BCUT2D eigenvalue weighted by Gasteiger charge is -2.42. The summed E-state index contributed by atoms with van der Waals surface area (Å²) in [5.41, 5.74) is 6.23. The van der Waals surface area contributed by atoms with Crippen LogP contribution in [0.15, 0.2) is 24.4 Å². The van der Waals surface area contributed by atoms with Gasteiger partial charge in [-0.2, -0.15) is 5.10 Å². The first kappa shape index (κ1) is 20.5. The molecule has 1 amide bonds. The van der Waals surface area contributed by atoms with Crippen molar-refractivity contribution >= 4 is 5.91 Å². The third kappa shape index (κ3) is 3.81. The number of nitrogens with zero attached hydrogens (tertiary/aromatic N) is 3. The molecule has 0 bridgehead atoms. The smallest absolute Gasteiger partial charge is 0.257 e. The quantitative estimate of drug-likeness (QED) is 0.849. The van der Waals surface area contributed by atoms with Crippen molar-refractivity contribution in [3.63, 3.8) is 0 Å². The maximum absolute atomic E-state index is 14.5. The standard InChI is InChI=1S/C21H28F2N4O/c1-20(2,3)27-11-15(18(25-27)14-7-6-13(22)10-16(14)23)19(28)26-9-8-17(24)21(4,5)12-26/h6-7,10-11,17H,8-9,12,24H2,1-5H3. The van der Waals surface area contributed by atoms with E-state index in [2.05, 4.69) is 5.10 Å². The molecule has 1 unspecified atom stereocenters. The van der Waals surface area contributed by atoms with E-state index in [-0.39, 0.29) is 28.6 Å². The highest BCUT2D eigenvalue weighted by Crippen LogP contribution is 2.32. The van der Waals surface area contributed by atoms with Crippen molar-refractivity contribution in [3.05, 3.63) is 41.6 Å². The molecule has 1 fully saturated rings. The van der Waals surface area contributed by atoms with Crippen LogP contribution in [0.1, 0.15) is 51.4 Å². The van der Waals surface area contributed by atoms with Gasteiger partial charge in [0.1, 0.15) is 17.3 Å². The van der Waals surface area contributed by atoms with Crippen LogP contribution in [0.25, 0.3) is 11.3 Å². The highest BCUT2D eigenvalue weighted by atomic mass is 19.1. The molecule has 2 heterocycles. The summed E-state index contributed by atoms with van der Waals surface area (Å²) in [6.07, 6.45) is 2.36. The number of hydrogen-bond acceptors (Lipinski definition) is 3. The Bertz CT molecular complexity index is 898. The molecule has 1 aliphatic heterocycles. The van der Waals surface area contributed by atoms with E-state index >= 15 is 0 Å². The van der Waals surface area contributed by atoms with Crippen LogP contribution in [0.5, 0.6) is 0 Å². The molecule has 0 spiro atoms. The fourth-order valence-electron chi connectivity index (χ4n) is 3.47. The van der Waals surface area contributed by atoms with Gasteiger partial charge >= 0.3 is 0 Å². The van der Waals surface area contributed by atoms with E-state index in [1.54, 1.807) is 15.8 Å². The van der Waals surface area contributed by atoms with Crippen LogP contribution in [0, 0.1) is 17.0 Å². The fraction of sp³-hybridized carbons (Fsp3) is 0.524. The lowest BCUT2D eigenvalue weighted by molar-refractivity contribution is 0.0533. The zero-order chi connectivity index (χ0) is 20.9. The number of benzene rings is 1. The number of nitrogens with two attached hydrogens (primary N) is 1. The normalized spacial score (nSPS) is 19.7. The van der Waals surface area contributed by atoms with Crippen molar-refractivity contribution in [2.24, 2.45) is 11.1 Å². The number of halogens is 2. The van der Waals surface area contributed by atoms with Crippen molar-refractivity contribution in [3.8, 4) is 11.3 Å². The van der Waals surface area contributed by atoms with Crippen LogP contribution in [0.2, 0.25) is 0 Å². The zero-order valence-corrected chi connectivity index (χ0v) is 17.1. The summed E-state index contributed by atoms with van der Waals surface area (Å²) in [6.45, 7) is 11.0. The predicted molar refractivity (Wildman–Crippen MR) is 105 cm³/mol. The molecule has 1 aliphatic rings. The average Bonchev–Trinajstić information content (AvgIpc) is 3.02. The molecule has 1 aromatic heterocycles. The van der Waals surface area contributed by atoms with Gasteiger partial charge in [0.2, 0.25) is 0 Å². The second kappa shape index (κ2) is 6.95. The second-order valence-corrected chi connectivity index (χ2v) is 9.24. The minimum absolute atomic E-state index is 0.0165. The zero-order valence-electron chi connectivity index (χ0n) is 17.1. The number of aromatic nitrogens is 2. The molecule has 2 aromatic rings. The monoisotopic (exact) mass is 390 g/mol. The molecule has 0 saturated carbocycles. The average molecular weight is 390 g/mol. The van der Waals surface area contributed by atoms with Crippen LogP contribution in [0.3, 0.4) is 0 Å². The van der Waals surface area contributed by atoms with Gasteiger partial charge in [0.05, 0.1) is 11.1 Å². The Kier molecular flexibility index (Phi) is 5.08. The highest BCUT2D eigenvalue weighted by Gasteiger charge is 2.37. The lowest BCUT2D eigenvalue weighted by Crippen LogP contribution is -2.54. The van der Waals surface area contributed by atoms with E-state index in [0.29, 0.717) is 25.1 Å². The lowest BCUT2D eigenvalue weighted by atomic mass is 9.79. The van der Waals surface area contributed by atoms with Gasteiger partial charge in [-0.3, -0.25) is 9.48 Å². The van der Waals surface area contributed by atoms with Gasteiger partial charge < -0.3 is 10.6 Å². The van der Waals surface area contributed by atoms with Gasteiger partial charge in [0, 0.05) is 37.0 Å². The number of carbonyl (C=O) groups is 1. The predicted octanol–water partition coefficient (Wildman–Crippen LogP) is 3.78. The third-order valence-electron chi connectivity index (χ3n) is 5.42. The molecule has 0 aliphatic carbocycles. The Morgan fingerprint density at radius 3 is 2.54 bits per heavy atom. The number of piperidine rings is 1. The summed E-state index contributed by atoms with van der Waals surface area (Å²) in [5.74, 6) is -1.63. The summed E-state index contributed by atoms with van der Waals surface area (Å²) < 4.78 is 29.5. The van der Waals surface area contributed by atoms with Crippen molar-refractivity contribution in [2.45, 2.75) is 52.6 Å². The number of hydrogen-bond donors (Lipinski definition) is 1. The number of rotatable bonds is 2. The largest absolute Gasteiger partial charge is 0.338 e. The fourth-order valence-corrected chi connectivity index (χ4v) is 3.47. The Morgan fingerprint density at radius 2 is 1.96 bits per heavy atom. The van der Waals surface area contributed by atoms with E-state index in [1.807, 2.05) is 34.6 Å². The molecule has 5 nitrogen and oxygen atoms in total.